The Labute approximate surface area is 97.0 Å². The van der Waals surface area contributed by atoms with Gasteiger partial charge in [0.2, 0.25) is 0 Å². The molecule has 0 aliphatic heterocycles. The van der Waals surface area contributed by atoms with Crippen LogP contribution in [-0.2, 0) is 0 Å². The zero-order valence-corrected chi connectivity index (χ0v) is 10.0. The van der Waals surface area contributed by atoms with Gasteiger partial charge in [0.1, 0.15) is 11.8 Å². The van der Waals surface area contributed by atoms with E-state index in [1.807, 2.05) is 24.3 Å². The highest BCUT2D eigenvalue weighted by Crippen LogP contribution is 2.18. The summed E-state index contributed by atoms with van der Waals surface area (Å²) in [6, 6.07) is 9.59. The molecule has 0 aliphatic rings. The first-order valence-corrected chi connectivity index (χ1v) is 5.44. The third-order valence-electron chi connectivity index (χ3n) is 2.29. The predicted molar refractivity (Wildman–Crippen MR) is 64.2 cm³/mol. The van der Waals surface area contributed by atoms with E-state index in [0.29, 0.717) is 5.92 Å². The normalized spacial score (nSPS) is 12.2. The molecule has 0 bridgehead atoms. The van der Waals surface area contributed by atoms with Gasteiger partial charge in [0.05, 0.1) is 13.2 Å². The molecule has 0 aromatic heterocycles. The molecule has 0 saturated heterocycles. The monoisotopic (exact) mass is 218 g/mol. The standard InChI is InChI=1S/C13H18N2O/c1-10(2)9-15-13(8-14)11-5-4-6-12(7-11)16-3/h4-7,10,13,15H,9H2,1-3H3. The zero-order valence-electron chi connectivity index (χ0n) is 10.0. The average molecular weight is 218 g/mol. The summed E-state index contributed by atoms with van der Waals surface area (Å²) in [5.74, 6) is 1.31. The summed E-state index contributed by atoms with van der Waals surface area (Å²) < 4.78 is 5.14. The minimum Gasteiger partial charge on any atom is -0.497 e. The fraction of sp³-hybridized carbons (Fsp3) is 0.462. The van der Waals surface area contributed by atoms with Crippen LogP contribution in [0.15, 0.2) is 24.3 Å². The van der Waals surface area contributed by atoms with Gasteiger partial charge >= 0.3 is 0 Å². The first-order valence-electron chi connectivity index (χ1n) is 5.44. The van der Waals surface area contributed by atoms with Crippen LogP contribution < -0.4 is 10.1 Å². The molecule has 3 nitrogen and oxygen atoms in total. The van der Waals surface area contributed by atoms with Crippen molar-refractivity contribution in [2.75, 3.05) is 13.7 Å². The number of benzene rings is 1. The molecular formula is C13H18N2O. The van der Waals surface area contributed by atoms with E-state index >= 15 is 0 Å². The van der Waals surface area contributed by atoms with E-state index in [4.69, 9.17) is 10.00 Å². The number of nitrogens with one attached hydrogen (secondary N) is 1. The maximum atomic E-state index is 9.10. The molecule has 1 unspecified atom stereocenters. The van der Waals surface area contributed by atoms with Crippen molar-refractivity contribution >= 4 is 0 Å². The summed E-state index contributed by atoms with van der Waals surface area (Å²) in [7, 11) is 1.63. The Morgan fingerprint density at radius 2 is 2.19 bits per heavy atom. The second-order valence-corrected chi connectivity index (χ2v) is 4.14. The lowest BCUT2D eigenvalue weighted by Gasteiger charge is -2.14. The molecule has 1 aromatic rings. The molecule has 1 rings (SSSR count). The van der Waals surface area contributed by atoms with Crippen LogP contribution in [0, 0.1) is 17.2 Å². The summed E-state index contributed by atoms with van der Waals surface area (Å²) in [6.45, 7) is 5.06. The zero-order chi connectivity index (χ0) is 12.0. The van der Waals surface area contributed by atoms with Gasteiger partial charge in [0.25, 0.3) is 0 Å². The molecule has 1 aromatic carbocycles. The molecule has 0 spiro atoms. The molecule has 3 heteroatoms. The number of nitrogens with zero attached hydrogens (tertiary/aromatic N) is 1. The van der Waals surface area contributed by atoms with Gasteiger partial charge in [-0.1, -0.05) is 26.0 Å². The Hall–Kier alpha value is -1.53. The van der Waals surface area contributed by atoms with Crippen molar-refractivity contribution in [3.8, 4) is 11.8 Å². The van der Waals surface area contributed by atoms with Crippen LogP contribution >= 0.6 is 0 Å². The lowest BCUT2D eigenvalue weighted by molar-refractivity contribution is 0.413. The van der Waals surface area contributed by atoms with Crippen molar-refractivity contribution in [3.05, 3.63) is 29.8 Å². The van der Waals surface area contributed by atoms with Gasteiger partial charge in [-0.2, -0.15) is 5.26 Å². The summed E-state index contributed by atoms with van der Waals surface area (Å²) in [6.07, 6.45) is 0. The number of methoxy groups -OCH3 is 1. The molecule has 0 heterocycles. The van der Waals surface area contributed by atoms with Gasteiger partial charge in [-0.05, 0) is 30.2 Å². The van der Waals surface area contributed by atoms with Crippen LogP contribution in [-0.4, -0.2) is 13.7 Å². The van der Waals surface area contributed by atoms with Crippen molar-refractivity contribution in [2.24, 2.45) is 5.92 Å². The highest BCUT2D eigenvalue weighted by atomic mass is 16.5. The fourth-order valence-corrected chi connectivity index (χ4v) is 1.41. The largest absolute Gasteiger partial charge is 0.497 e. The minimum absolute atomic E-state index is 0.266. The summed E-state index contributed by atoms with van der Waals surface area (Å²) in [4.78, 5) is 0. The molecule has 1 N–H and O–H groups in total. The third kappa shape index (κ3) is 3.56. The van der Waals surface area contributed by atoms with Crippen molar-refractivity contribution in [1.29, 1.82) is 5.26 Å². The van der Waals surface area contributed by atoms with E-state index in [2.05, 4.69) is 25.2 Å². The van der Waals surface area contributed by atoms with Crippen molar-refractivity contribution < 1.29 is 4.74 Å². The molecule has 0 aliphatic carbocycles. The topological polar surface area (TPSA) is 45.0 Å². The summed E-state index contributed by atoms with van der Waals surface area (Å²) in [5.41, 5.74) is 0.947. The second kappa shape index (κ2) is 6.14. The van der Waals surface area contributed by atoms with E-state index in [9.17, 15) is 0 Å². The predicted octanol–water partition coefficient (Wildman–Crippen LogP) is 2.51. The van der Waals surface area contributed by atoms with E-state index in [-0.39, 0.29) is 6.04 Å². The molecule has 86 valence electrons. The third-order valence-corrected chi connectivity index (χ3v) is 2.29. The van der Waals surface area contributed by atoms with E-state index in [0.717, 1.165) is 17.9 Å². The number of rotatable bonds is 5. The Morgan fingerprint density at radius 3 is 2.75 bits per heavy atom. The smallest absolute Gasteiger partial charge is 0.121 e. The van der Waals surface area contributed by atoms with Crippen LogP contribution in [0.2, 0.25) is 0 Å². The fourth-order valence-electron chi connectivity index (χ4n) is 1.41. The second-order valence-electron chi connectivity index (χ2n) is 4.14. The first-order chi connectivity index (χ1) is 7.67. The molecule has 0 amide bonds. The van der Waals surface area contributed by atoms with Crippen molar-refractivity contribution in [3.63, 3.8) is 0 Å². The summed E-state index contributed by atoms with van der Waals surface area (Å²) in [5, 5.41) is 12.3. The maximum absolute atomic E-state index is 9.10. The molecule has 1 atom stereocenters. The van der Waals surface area contributed by atoms with Crippen molar-refractivity contribution in [1.82, 2.24) is 5.32 Å². The SMILES string of the molecule is COc1cccc(C(C#N)NCC(C)C)c1. The molecular weight excluding hydrogens is 200 g/mol. The number of nitriles is 1. The van der Waals surface area contributed by atoms with Gasteiger partial charge < -0.3 is 4.74 Å². The van der Waals surface area contributed by atoms with Gasteiger partial charge in [-0.25, -0.2) is 0 Å². The Morgan fingerprint density at radius 1 is 1.44 bits per heavy atom. The van der Waals surface area contributed by atoms with Gasteiger partial charge in [-0.15, -0.1) is 0 Å². The quantitative estimate of drug-likeness (QED) is 0.826. The number of hydrogen-bond acceptors (Lipinski definition) is 3. The molecule has 0 fully saturated rings. The van der Waals surface area contributed by atoms with Gasteiger partial charge in [0, 0.05) is 0 Å². The Balaban J connectivity index is 2.75. The van der Waals surface area contributed by atoms with E-state index in [1.165, 1.54) is 0 Å². The highest BCUT2D eigenvalue weighted by Gasteiger charge is 2.10. The number of ether oxygens (including phenoxy) is 1. The van der Waals surface area contributed by atoms with Crippen molar-refractivity contribution in [2.45, 2.75) is 19.9 Å². The van der Waals surface area contributed by atoms with Crippen LogP contribution in [0.5, 0.6) is 5.75 Å². The van der Waals surface area contributed by atoms with E-state index in [1.54, 1.807) is 7.11 Å². The summed E-state index contributed by atoms with van der Waals surface area (Å²) >= 11 is 0. The highest BCUT2D eigenvalue weighted by molar-refractivity contribution is 5.32. The molecule has 0 radical (unpaired) electrons. The maximum Gasteiger partial charge on any atom is 0.121 e. The lowest BCUT2D eigenvalue weighted by Crippen LogP contribution is -2.24. The van der Waals surface area contributed by atoms with E-state index < -0.39 is 0 Å². The van der Waals surface area contributed by atoms with Crippen LogP contribution in [0.1, 0.15) is 25.5 Å². The van der Waals surface area contributed by atoms with Crippen LogP contribution in [0.25, 0.3) is 0 Å². The first kappa shape index (κ1) is 12.5. The minimum atomic E-state index is -0.266. The Kier molecular flexibility index (Phi) is 4.81. The lowest BCUT2D eigenvalue weighted by atomic mass is 10.1. The average Bonchev–Trinajstić information content (AvgIpc) is 2.30. The molecule has 0 saturated carbocycles. The van der Waals surface area contributed by atoms with Gasteiger partial charge in [-0.3, -0.25) is 5.32 Å². The van der Waals surface area contributed by atoms with Gasteiger partial charge in [0.15, 0.2) is 0 Å². The molecule has 16 heavy (non-hydrogen) atoms. The number of hydrogen-bond donors (Lipinski definition) is 1. The van der Waals surface area contributed by atoms with Crippen LogP contribution in [0.3, 0.4) is 0 Å². The van der Waals surface area contributed by atoms with Crippen LogP contribution in [0.4, 0.5) is 0 Å². The Bertz CT molecular complexity index is 368.